The van der Waals surface area contributed by atoms with Crippen LogP contribution >= 0.6 is 0 Å². The summed E-state index contributed by atoms with van der Waals surface area (Å²) in [4.78, 5) is 8.97. The molecule has 4 rings (SSSR count). The van der Waals surface area contributed by atoms with Gasteiger partial charge in [-0.15, -0.1) is 0 Å². The number of aromatic amines is 1. The number of pyridine rings is 1. The van der Waals surface area contributed by atoms with Crippen LogP contribution in [0.3, 0.4) is 0 Å². The Kier molecular flexibility index (Phi) is 6.58. The Hall–Kier alpha value is -3.24. The van der Waals surface area contributed by atoms with E-state index in [0.29, 0.717) is 26.3 Å². The largest absolute Gasteiger partial charge is 0.485 e. The second-order valence-corrected chi connectivity index (χ2v) is 6.84. The van der Waals surface area contributed by atoms with E-state index in [9.17, 15) is 4.39 Å². The summed E-state index contributed by atoms with van der Waals surface area (Å²) < 4.78 is 45.5. The van der Waals surface area contributed by atoms with Gasteiger partial charge in [-0.1, -0.05) is 18.2 Å². The van der Waals surface area contributed by atoms with E-state index in [4.69, 9.17) is 14.2 Å². The van der Waals surface area contributed by atoms with Crippen LogP contribution in [0, 0.1) is 11.6 Å². The van der Waals surface area contributed by atoms with Gasteiger partial charge in [0.05, 0.1) is 26.0 Å². The summed E-state index contributed by atoms with van der Waals surface area (Å²) in [5, 5.41) is 5.08. The molecular formula is C21H23F2N5O3. The first-order chi connectivity index (χ1) is 15.2. The van der Waals surface area contributed by atoms with Gasteiger partial charge in [-0.3, -0.25) is 5.43 Å². The van der Waals surface area contributed by atoms with Crippen molar-refractivity contribution < 1.29 is 23.0 Å². The number of fused-ring (bicyclic) bond motifs is 1. The van der Waals surface area contributed by atoms with Gasteiger partial charge in [0.25, 0.3) is 0 Å². The molecule has 0 unspecified atom stereocenters. The standard InChI is InChI=1S/C21H23F2N5O3/c1-29-10-11-31-19-17(22)20(26-21(18(19)23)28-6-8-30-9-7-28)27-25-13-14-12-24-16-5-3-2-4-15(14)16/h2-5,12-13,24H,6-11H2,1H3,(H,26,27)/b25-13+. The Bertz CT molecular complexity index is 1070. The number of para-hydroxylation sites is 1. The van der Waals surface area contributed by atoms with Crippen molar-refractivity contribution in [3.05, 3.63) is 47.7 Å². The minimum Gasteiger partial charge on any atom is -0.485 e. The molecule has 10 heteroatoms. The molecule has 31 heavy (non-hydrogen) atoms. The second-order valence-electron chi connectivity index (χ2n) is 6.84. The minimum absolute atomic E-state index is 0.00501. The van der Waals surface area contributed by atoms with Crippen LogP contribution in [0.1, 0.15) is 5.56 Å². The molecule has 0 radical (unpaired) electrons. The van der Waals surface area contributed by atoms with Gasteiger partial charge in [0.15, 0.2) is 17.4 Å². The average Bonchev–Trinajstić information content (AvgIpc) is 3.21. The number of rotatable bonds is 8. The Morgan fingerprint density at radius 3 is 2.84 bits per heavy atom. The van der Waals surface area contributed by atoms with Crippen LogP contribution in [0.2, 0.25) is 0 Å². The molecule has 0 bridgehead atoms. The third-order valence-corrected chi connectivity index (χ3v) is 4.86. The first kappa shape index (κ1) is 21.0. The molecule has 1 fully saturated rings. The maximum atomic E-state index is 15.0. The number of hydrogen-bond donors (Lipinski definition) is 2. The first-order valence-electron chi connectivity index (χ1n) is 9.87. The minimum atomic E-state index is -0.957. The zero-order chi connectivity index (χ0) is 21.6. The van der Waals surface area contributed by atoms with Crippen LogP contribution in [-0.4, -0.2) is 62.8 Å². The van der Waals surface area contributed by atoms with Gasteiger partial charge >= 0.3 is 0 Å². The van der Waals surface area contributed by atoms with E-state index in [-0.39, 0.29) is 24.8 Å². The summed E-state index contributed by atoms with van der Waals surface area (Å²) >= 11 is 0. The van der Waals surface area contributed by atoms with Gasteiger partial charge in [-0.05, 0) is 6.07 Å². The fraction of sp³-hybridized carbons (Fsp3) is 0.333. The van der Waals surface area contributed by atoms with Crippen molar-refractivity contribution in [3.8, 4) is 5.75 Å². The van der Waals surface area contributed by atoms with E-state index in [1.807, 2.05) is 24.3 Å². The van der Waals surface area contributed by atoms with E-state index in [2.05, 4.69) is 20.5 Å². The quantitative estimate of drug-likeness (QED) is 0.324. The normalized spacial score (nSPS) is 14.5. The predicted molar refractivity (Wildman–Crippen MR) is 114 cm³/mol. The number of nitrogens with zero attached hydrogens (tertiary/aromatic N) is 3. The van der Waals surface area contributed by atoms with E-state index in [1.165, 1.54) is 7.11 Å². The number of halogens is 2. The summed E-state index contributed by atoms with van der Waals surface area (Å²) in [6, 6.07) is 7.73. The third-order valence-electron chi connectivity index (χ3n) is 4.86. The number of anilines is 2. The molecule has 1 aliphatic heterocycles. The highest BCUT2D eigenvalue weighted by atomic mass is 19.1. The summed E-state index contributed by atoms with van der Waals surface area (Å²) in [6.45, 7) is 1.92. The van der Waals surface area contributed by atoms with Crippen molar-refractivity contribution in [2.75, 3.05) is 57.0 Å². The van der Waals surface area contributed by atoms with Crippen LogP contribution < -0.4 is 15.1 Å². The van der Waals surface area contributed by atoms with E-state index >= 15 is 4.39 Å². The lowest BCUT2D eigenvalue weighted by Crippen LogP contribution is -2.37. The maximum absolute atomic E-state index is 15.0. The molecule has 0 amide bonds. The Labute approximate surface area is 177 Å². The number of hydrogen-bond acceptors (Lipinski definition) is 7. The molecule has 2 aromatic heterocycles. The number of methoxy groups -OCH3 is 1. The van der Waals surface area contributed by atoms with Crippen molar-refractivity contribution >= 4 is 28.8 Å². The molecule has 0 aliphatic carbocycles. The topological polar surface area (TPSA) is 84.0 Å². The number of nitrogens with one attached hydrogen (secondary N) is 2. The molecule has 1 aliphatic rings. The number of benzene rings is 1. The molecule has 3 heterocycles. The lowest BCUT2D eigenvalue weighted by atomic mass is 10.2. The van der Waals surface area contributed by atoms with Gasteiger partial charge in [-0.25, -0.2) is 4.98 Å². The van der Waals surface area contributed by atoms with Gasteiger partial charge < -0.3 is 24.1 Å². The van der Waals surface area contributed by atoms with Gasteiger partial charge in [0.1, 0.15) is 6.61 Å². The number of hydrazone groups is 1. The van der Waals surface area contributed by atoms with Crippen LogP contribution in [0.25, 0.3) is 10.9 Å². The highest BCUT2D eigenvalue weighted by Crippen LogP contribution is 2.33. The van der Waals surface area contributed by atoms with E-state index < -0.39 is 17.4 Å². The average molecular weight is 431 g/mol. The Balaban J connectivity index is 1.62. The highest BCUT2D eigenvalue weighted by molar-refractivity contribution is 5.99. The molecule has 1 aromatic carbocycles. The maximum Gasteiger partial charge on any atom is 0.212 e. The Morgan fingerprint density at radius 1 is 1.23 bits per heavy atom. The second kappa shape index (κ2) is 9.71. The van der Waals surface area contributed by atoms with Crippen LogP contribution in [0.15, 0.2) is 35.6 Å². The van der Waals surface area contributed by atoms with Gasteiger partial charge in [0, 0.05) is 42.9 Å². The van der Waals surface area contributed by atoms with E-state index in [1.54, 1.807) is 17.3 Å². The molecule has 2 N–H and O–H groups in total. The van der Waals surface area contributed by atoms with Crippen LogP contribution in [-0.2, 0) is 9.47 Å². The van der Waals surface area contributed by atoms with Crippen molar-refractivity contribution in [2.24, 2.45) is 5.10 Å². The van der Waals surface area contributed by atoms with E-state index in [0.717, 1.165) is 16.5 Å². The summed E-state index contributed by atoms with van der Waals surface area (Å²) in [5.74, 6) is -2.57. The highest BCUT2D eigenvalue weighted by Gasteiger charge is 2.26. The van der Waals surface area contributed by atoms with Crippen molar-refractivity contribution in [1.29, 1.82) is 0 Å². The van der Waals surface area contributed by atoms with Crippen molar-refractivity contribution in [1.82, 2.24) is 9.97 Å². The lowest BCUT2D eigenvalue weighted by Gasteiger charge is -2.28. The molecule has 8 nitrogen and oxygen atoms in total. The van der Waals surface area contributed by atoms with Crippen molar-refractivity contribution in [2.45, 2.75) is 0 Å². The van der Waals surface area contributed by atoms with Crippen LogP contribution in [0.4, 0.5) is 20.4 Å². The number of ether oxygens (including phenoxy) is 3. The molecule has 0 atom stereocenters. The smallest absolute Gasteiger partial charge is 0.212 e. The summed E-state index contributed by atoms with van der Waals surface area (Å²) in [7, 11) is 1.48. The molecular weight excluding hydrogens is 408 g/mol. The number of aromatic nitrogens is 2. The molecule has 164 valence electrons. The van der Waals surface area contributed by atoms with Crippen molar-refractivity contribution in [3.63, 3.8) is 0 Å². The predicted octanol–water partition coefficient (Wildman–Crippen LogP) is 3.15. The van der Waals surface area contributed by atoms with Crippen LogP contribution in [0.5, 0.6) is 5.75 Å². The fourth-order valence-electron chi connectivity index (χ4n) is 3.29. The Morgan fingerprint density at radius 2 is 2.03 bits per heavy atom. The summed E-state index contributed by atoms with van der Waals surface area (Å²) in [6.07, 6.45) is 3.34. The molecule has 1 saturated heterocycles. The van der Waals surface area contributed by atoms with Gasteiger partial charge in [0.2, 0.25) is 11.6 Å². The van der Waals surface area contributed by atoms with Gasteiger partial charge in [-0.2, -0.15) is 13.9 Å². The molecule has 0 spiro atoms. The molecule has 3 aromatic rings. The zero-order valence-electron chi connectivity index (χ0n) is 17.0. The third kappa shape index (κ3) is 4.59. The zero-order valence-corrected chi connectivity index (χ0v) is 17.0. The number of morpholine rings is 1. The fourth-order valence-corrected chi connectivity index (χ4v) is 3.29. The summed E-state index contributed by atoms with van der Waals surface area (Å²) in [5.41, 5.74) is 4.36. The monoisotopic (exact) mass is 431 g/mol. The number of H-pyrrole nitrogens is 1. The molecule has 0 saturated carbocycles. The first-order valence-corrected chi connectivity index (χ1v) is 9.87. The lowest BCUT2D eigenvalue weighted by molar-refractivity contribution is 0.121. The SMILES string of the molecule is COCCOc1c(F)c(N/N=C/c2c[nH]c3ccccc23)nc(N2CCOCC2)c1F.